The van der Waals surface area contributed by atoms with Gasteiger partial charge in [-0.1, -0.05) is 67.8 Å². The summed E-state index contributed by atoms with van der Waals surface area (Å²) in [5.74, 6) is -1.16. The highest BCUT2D eigenvalue weighted by molar-refractivity contribution is 8.01. The van der Waals surface area contributed by atoms with Gasteiger partial charge in [-0.15, -0.1) is 0 Å². The first-order valence-corrected chi connectivity index (χ1v) is 14.2. The highest BCUT2D eigenvalue weighted by atomic mass is 31.2. The van der Waals surface area contributed by atoms with Gasteiger partial charge in [0.15, 0.2) is 0 Å². The van der Waals surface area contributed by atoms with Crippen LogP contribution in [0.15, 0.2) is 79.9 Å². The molecule has 8 heteroatoms. The van der Waals surface area contributed by atoms with E-state index in [1.54, 1.807) is 70.2 Å². The van der Waals surface area contributed by atoms with Crippen LogP contribution in [0.4, 0.5) is 0 Å². The Hall–Kier alpha value is -4.35. The molecule has 0 heterocycles. The number of esters is 2. The number of carbonyl (C=O) groups excluding carboxylic acids is 4. The van der Waals surface area contributed by atoms with Crippen molar-refractivity contribution in [2.45, 2.75) is 40.9 Å². The van der Waals surface area contributed by atoms with E-state index in [9.17, 15) is 23.7 Å². The van der Waals surface area contributed by atoms with Gasteiger partial charge in [0.2, 0.25) is 18.2 Å². The molecule has 0 atom stereocenters. The van der Waals surface area contributed by atoms with Crippen LogP contribution >= 0.6 is 7.14 Å². The Bertz CT molecular complexity index is 1430. The summed E-state index contributed by atoms with van der Waals surface area (Å²) in [6.45, 7) is 13.5. The highest BCUT2D eigenvalue weighted by Crippen LogP contribution is 2.52. The van der Waals surface area contributed by atoms with Gasteiger partial charge in [0, 0.05) is 28.6 Å². The Morgan fingerprint density at radius 3 is 1.35 bits per heavy atom. The summed E-state index contributed by atoms with van der Waals surface area (Å²) in [6, 6.07) is 14.7. The average molecular weight is 559 g/mol. The minimum Gasteiger partial charge on any atom is -0.458 e. The molecule has 3 aromatic carbocycles. The zero-order valence-electron chi connectivity index (χ0n) is 23.0. The Labute approximate surface area is 233 Å². The quantitative estimate of drug-likeness (QED) is 0.160. The zero-order chi connectivity index (χ0) is 29.6. The van der Waals surface area contributed by atoms with Gasteiger partial charge >= 0.3 is 11.9 Å². The Morgan fingerprint density at radius 2 is 1.02 bits per heavy atom. The van der Waals surface area contributed by atoms with Crippen LogP contribution in [0, 0.1) is 27.7 Å². The first-order chi connectivity index (χ1) is 18.9. The highest BCUT2D eigenvalue weighted by Gasteiger charge is 2.44. The fourth-order valence-electron chi connectivity index (χ4n) is 4.65. The second kappa shape index (κ2) is 12.7. The second-order valence-corrected chi connectivity index (χ2v) is 11.9. The molecule has 0 amide bonds. The molecule has 0 unspecified atom stereocenters. The third kappa shape index (κ3) is 6.27. The number of aryl methyl sites for hydroxylation is 4. The summed E-state index contributed by atoms with van der Waals surface area (Å²) < 4.78 is 25.1. The molecule has 206 valence electrons. The Kier molecular flexibility index (Phi) is 9.56. The van der Waals surface area contributed by atoms with Crippen LogP contribution in [-0.4, -0.2) is 23.0 Å². The van der Waals surface area contributed by atoms with E-state index in [4.69, 9.17) is 9.47 Å². The molecule has 40 heavy (non-hydrogen) atoms. The van der Waals surface area contributed by atoms with Crippen molar-refractivity contribution >= 4 is 35.4 Å². The third-order valence-corrected chi connectivity index (χ3v) is 9.02. The summed E-state index contributed by atoms with van der Waals surface area (Å²) in [7, 11) is -4.38. The standard InChI is InChI=1S/C32H31O7P/c1-7-27(33)38-18-24-14-20(3)29(21(4)15-24)31(35)40(37,26-12-10-9-11-13-26)32(36)30-22(5)16-25(17-23(30)6)19-39-28(34)8-2/h7-17H,1-2,18-19H2,3-6H3. The second-order valence-electron chi connectivity index (χ2n) is 9.39. The molecule has 3 aromatic rings. The predicted molar refractivity (Wildman–Crippen MR) is 154 cm³/mol. The average Bonchev–Trinajstić information content (AvgIpc) is 2.93. The molecule has 3 rings (SSSR count). The molecule has 0 aliphatic carbocycles. The summed E-state index contributed by atoms with van der Waals surface area (Å²) >= 11 is 0. The Morgan fingerprint density at radius 1 is 0.675 bits per heavy atom. The fraction of sp³-hybridized carbons (Fsp3) is 0.188. The molecule has 0 bridgehead atoms. The molecule has 0 fully saturated rings. The van der Waals surface area contributed by atoms with Crippen molar-refractivity contribution in [3.05, 3.63) is 124 Å². The largest absolute Gasteiger partial charge is 0.458 e. The summed E-state index contributed by atoms with van der Waals surface area (Å²) in [4.78, 5) is 51.4. The number of ether oxygens (including phenoxy) is 2. The summed E-state index contributed by atoms with van der Waals surface area (Å²) in [5.41, 5.74) is 2.14. The molecule has 0 saturated heterocycles. The van der Waals surface area contributed by atoms with E-state index in [0.29, 0.717) is 33.4 Å². The number of rotatable bonds is 11. The monoisotopic (exact) mass is 558 g/mol. The van der Waals surface area contributed by atoms with E-state index in [0.717, 1.165) is 12.2 Å². The zero-order valence-corrected chi connectivity index (χ0v) is 23.9. The summed E-state index contributed by atoms with van der Waals surface area (Å²) in [5, 5.41) is 0.135. The van der Waals surface area contributed by atoms with Crippen LogP contribution in [0.5, 0.6) is 0 Å². The van der Waals surface area contributed by atoms with Crippen molar-refractivity contribution in [2.75, 3.05) is 0 Å². The SMILES string of the molecule is C=CC(=O)OCc1cc(C)c(C(=O)P(=O)(C(=O)c2c(C)cc(COC(=O)C=C)cc2C)c2ccccc2)c(C)c1. The van der Waals surface area contributed by atoms with Gasteiger partial charge < -0.3 is 14.0 Å². The molecule has 0 aliphatic heterocycles. The van der Waals surface area contributed by atoms with Gasteiger partial charge in [-0.25, -0.2) is 9.59 Å². The number of carbonyl (C=O) groups is 4. The van der Waals surface area contributed by atoms with Crippen molar-refractivity contribution in [3.8, 4) is 0 Å². The van der Waals surface area contributed by atoms with Gasteiger partial charge in [0.25, 0.3) is 0 Å². The number of benzene rings is 3. The molecule has 0 saturated carbocycles. The summed E-state index contributed by atoms with van der Waals surface area (Å²) in [6.07, 6.45) is 2.12. The molecular weight excluding hydrogens is 527 g/mol. The smallest absolute Gasteiger partial charge is 0.330 e. The minimum atomic E-state index is -4.38. The lowest BCUT2D eigenvalue weighted by atomic mass is 10.0. The minimum absolute atomic E-state index is 0.0247. The topological polar surface area (TPSA) is 104 Å². The van der Waals surface area contributed by atoms with Gasteiger partial charge in [-0.3, -0.25) is 9.59 Å². The molecule has 0 aromatic heterocycles. The van der Waals surface area contributed by atoms with Crippen molar-refractivity contribution in [1.29, 1.82) is 0 Å². The molecule has 7 nitrogen and oxygen atoms in total. The van der Waals surface area contributed by atoms with E-state index in [-0.39, 0.29) is 29.6 Å². The van der Waals surface area contributed by atoms with Crippen molar-refractivity contribution < 1.29 is 33.2 Å². The van der Waals surface area contributed by atoms with E-state index < -0.39 is 30.1 Å². The molecule has 0 spiro atoms. The van der Waals surface area contributed by atoms with Gasteiger partial charge in [-0.05, 0) is 61.1 Å². The molecule has 0 aliphatic rings. The maximum atomic E-state index is 14.8. The molecule has 0 radical (unpaired) electrons. The van der Waals surface area contributed by atoms with Crippen LogP contribution in [-0.2, 0) is 36.8 Å². The van der Waals surface area contributed by atoms with E-state index >= 15 is 0 Å². The van der Waals surface area contributed by atoms with E-state index in [2.05, 4.69) is 13.2 Å². The van der Waals surface area contributed by atoms with Crippen molar-refractivity contribution in [2.24, 2.45) is 0 Å². The lowest BCUT2D eigenvalue weighted by Gasteiger charge is -2.21. The number of hydrogen-bond acceptors (Lipinski definition) is 7. The van der Waals surface area contributed by atoms with Crippen LogP contribution in [0.25, 0.3) is 0 Å². The van der Waals surface area contributed by atoms with Crippen LogP contribution in [0.1, 0.15) is 54.1 Å². The first kappa shape index (κ1) is 30.2. The van der Waals surface area contributed by atoms with Crippen molar-refractivity contribution in [1.82, 2.24) is 0 Å². The fourth-order valence-corrected chi connectivity index (χ4v) is 7.23. The third-order valence-electron chi connectivity index (χ3n) is 6.40. The van der Waals surface area contributed by atoms with Gasteiger partial charge in [0.05, 0.1) is 0 Å². The maximum absolute atomic E-state index is 14.8. The van der Waals surface area contributed by atoms with E-state index in [1.165, 1.54) is 12.1 Å². The molecule has 0 N–H and O–H groups in total. The predicted octanol–water partition coefficient (Wildman–Crippen LogP) is 6.05. The van der Waals surface area contributed by atoms with E-state index in [1.807, 2.05) is 0 Å². The van der Waals surface area contributed by atoms with Gasteiger partial charge in [0.1, 0.15) is 13.2 Å². The number of hydrogen-bond donors (Lipinski definition) is 0. The lowest BCUT2D eigenvalue weighted by Crippen LogP contribution is -2.23. The maximum Gasteiger partial charge on any atom is 0.330 e. The van der Waals surface area contributed by atoms with Crippen LogP contribution < -0.4 is 5.30 Å². The lowest BCUT2D eigenvalue weighted by molar-refractivity contribution is -0.139. The Balaban J connectivity index is 2.11. The van der Waals surface area contributed by atoms with Crippen LogP contribution in [0.2, 0.25) is 0 Å². The van der Waals surface area contributed by atoms with Crippen molar-refractivity contribution in [3.63, 3.8) is 0 Å². The first-order valence-electron chi connectivity index (χ1n) is 12.5. The van der Waals surface area contributed by atoms with Gasteiger partial charge in [-0.2, -0.15) is 0 Å². The van der Waals surface area contributed by atoms with Crippen LogP contribution in [0.3, 0.4) is 0 Å². The molecular formula is C32H31O7P. The normalized spacial score (nSPS) is 10.9.